The van der Waals surface area contributed by atoms with Gasteiger partial charge in [0.25, 0.3) is 0 Å². The summed E-state index contributed by atoms with van der Waals surface area (Å²) in [5, 5.41) is 0.634. The van der Waals surface area contributed by atoms with Crippen LogP contribution in [0.4, 0.5) is 17.1 Å². The van der Waals surface area contributed by atoms with Crippen LogP contribution < -0.4 is 9.80 Å². The quantitative estimate of drug-likeness (QED) is 0.790. The van der Waals surface area contributed by atoms with Gasteiger partial charge in [-0.25, -0.2) is 0 Å². The molecule has 108 valence electrons. The maximum Gasteiger partial charge on any atom is 0.233 e. The second kappa shape index (κ2) is 5.41. The lowest BCUT2D eigenvalue weighted by Gasteiger charge is -2.25. The van der Waals surface area contributed by atoms with Crippen molar-refractivity contribution in [2.75, 3.05) is 23.4 Å². The van der Waals surface area contributed by atoms with Crippen molar-refractivity contribution in [2.45, 2.75) is 13.3 Å². The summed E-state index contributed by atoms with van der Waals surface area (Å²) in [5.41, 5.74) is 3.88. The van der Waals surface area contributed by atoms with E-state index in [4.69, 9.17) is 11.6 Å². The first-order chi connectivity index (χ1) is 10.1. The van der Waals surface area contributed by atoms with Gasteiger partial charge < -0.3 is 4.90 Å². The Morgan fingerprint density at radius 1 is 1.10 bits per heavy atom. The van der Waals surface area contributed by atoms with Crippen molar-refractivity contribution in [3.63, 3.8) is 0 Å². The van der Waals surface area contributed by atoms with Crippen LogP contribution in [0.2, 0.25) is 5.02 Å². The average Bonchev–Trinajstić information content (AvgIpc) is 2.56. The Kier molecular flexibility index (Phi) is 3.60. The summed E-state index contributed by atoms with van der Waals surface area (Å²) < 4.78 is 0. The molecular formula is C17H17ClN2O. The highest BCUT2D eigenvalue weighted by atomic mass is 35.5. The zero-order valence-corrected chi connectivity index (χ0v) is 12.9. The molecule has 0 spiro atoms. The van der Waals surface area contributed by atoms with Gasteiger partial charge in [0.05, 0.1) is 11.4 Å². The maximum absolute atomic E-state index is 12.6. The first kappa shape index (κ1) is 14.0. The van der Waals surface area contributed by atoms with Gasteiger partial charge in [0.1, 0.15) is 0 Å². The van der Waals surface area contributed by atoms with Gasteiger partial charge in [-0.1, -0.05) is 23.7 Å². The van der Waals surface area contributed by atoms with Crippen molar-refractivity contribution in [3.8, 4) is 0 Å². The monoisotopic (exact) mass is 300 g/mol. The minimum atomic E-state index is 0.0912. The van der Waals surface area contributed by atoms with E-state index in [2.05, 4.69) is 4.90 Å². The lowest BCUT2D eigenvalue weighted by Crippen LogP contribution is -2.25. The molecule has 2 aromatic carbocycles. The number of nitrogens with zero attached hydrogens (tertiary/aromatic N) is 2. The Hall–Kier alpha value is -2.00. The molecule has 2 aromatic rings. The molecule has 1 aliphatic rings. The highest BCUT2D eigenvalue weighted by Crippen LogP contribution is 2.38. The molecule has 0 atom stereocenters. The molecule has 4 heteroatoms. The number of carbonyl (C=O) groups is 1. The van der Waals surface area contributed by atoms with Crippen LogP contribution in [-0.2, 0) is 4.79 Å². The zero-order valence-electron chi connectivity index (χ0n) is 12.1. The smallest absolute Gasteiger partial charge is 0.233 e. The first-order valence-corrected chi connectivity index (χ1v) is 7.34. The Balaban J connectivity index is 2.20. The first-order valence-electron chi connectivity index (χ1n) is 6.96. The minimum absolute atomic E-state index is 0.0912. The fourth-order valence-electron chi connectivity index (χ4n) is 2.68. The zero-order chi connectivity index (χ0) is 15.0. The topological polar surface area (TPSA) is 23.6 Å². The lowest BCUT2D eigenvalue weighted by atomic mass is 10.1. The summed E-state index contributed by atoms with van der Waals surface area (Å²) in [7, 11) is 2.00. The molecule has 0 saturated heterocycles. The number of carbonyl (C=O) groups excluding carboxylic acids is 1. The van der Waals surface area contributed by atoms with Gasteiger partial charge in [0.2, 0.25) is 5.91 Å². The molecule has 0 radical (unpaired) electrons. The minimum Gasteiger partial charge on any atom is -0.372 e. The summed E-state index contributed by atoms with van der Waals surface area (Å²) >= 11 is 6.15. The van der Waals surface area contributed by atoms with E-state index < -0.39 is 0 Å². The third kappa shape index (κ3) is 2.61. The van der Waals surface area contributed by atoms with Crippen molar-refractivity contribution in [3.05, 3.63) is 53.1 Å². The third-order valence-corrected chi connectivity index (χ3v) is 4.00. The Labute approximate surface area is 129 Å². The van der Waals surface area contributed by atoms with E-state index in [1.165, 1.54) is 0 Å². The molecule has 0 saturated carbocycles. The average molecular weight is 301 g/mol. The van der Waals surface area contributed by atoms with Crippen molar-refractivity contribution in [2.24, 2.45) is 0 Å². The molecule has 3 nitrogen and oxygen atoms in total. The van der Waals surface area contributed by atoms with E-state index in [1.807, 2.05) is 56.4 Å². The van der Waals surface area contributed by atoms with Crippen LogP contribution in [0.3, 0.4) is 0 Å². The molecule has 0 fully saturated rings. The molecule has 0 bridgehead atoms. The standard InChI is InChI=1S/C17H17ClN2O/c1-12-4-3-5-14(10-12)20-16-11-13(18)6-7-15(16)19(2)9-8-17(20)21/h3-7,10-11H,8-9H2,1-2H3. The van der Waals surface area contributed by atoms with Gasteiger partial charge in [0.15, 0.2) is 0 Å². The Bertz CT molecular complexity index is 699. The van der Waals surface area contributed by atoms with Gasteiger partial charge in [-0.2, -0.15) is 0 Å². The van der Waals surface area contributed by atoms with Crippen LogP contribution in [0.15, 0.2) is 42.5 Å². The van der Waals surface area contributed by atoms with E-state index in [9.17, 15) is 4.79 Å². The third-order valence-electron chi connectivity index (χ3n) is 3.76. The highest BCUT2D eigenvalue weighted by molar-refractivity contribution is 6.31. The number of anilines is 3. The number of halogens is 1. The van der Waals surface area contributed by atoms with Crippen LogP contribution in [0, 0.1) is 6.92 Å². The van der Waals surface area contributed by atoms with Crippen molar-refractivity contribution < 1.29 is 4.79 Å². The van der Waals surface area contributed by atoms with Gasteiger partial charge >= 0.3 is 0 Å². The van der Waals surface area contributed by atoms with Gasteiger partial charge in [0, 0.05) is 30.7 Å². The molecule has 0 N–H and O–H groups in total. The molecular weight excluding hydrogens is 284 g/mol. The lowest BCUT2D eigenvalue weighted by molar-refractivity contribution is -0.117. The number of hydrogen-bond acceptors (Lipinski definition) is 2. The van der Waals surface area contributed by atoms with E-state index >= 15 is 0 Å². The van der Waals surface area contributed by atoms with Gasteiger partial charge in [-0.05, 0) is 42.8 Å². The summed E-state index contributed by atoms with van der Waals surface area (Å²) in [6.45, 7) is 2.73. The number of hydrogen-bond donors (Lipinski definition) is 0. The van der Waals surface area contributed by atoms with Crippen molar-refractivity contribution in [1.29, 1.82) is 0 Å². The van der Waals surface area contributed by atoms with E-state index in [1.54, 1.807) is 4.90 Å². The maximum atomic E-state index is 12.6. The molecule has 0 unspecified atom stereocenters. The largest absolute Gasteiger partial charge is 0.372 e. The van der Waals surface area contributed by atoms with Gasteiger partial charge in [-0.15, -0.1) is 0 Å². The summed E-state index contributed by atoms with van der Waals surface area (Å²) in [6, 6.07) is 13.7. The molecule has 1 heterocycles. The van der Waals surface area contributed by atoms with Crippen LogP contribution in [0.25, 0.3) is 0 Å². The Morgan fingerprint density at radius 2 is 1.90 bits per heavy atom. The normalized spacial score (nSPS) is 14.9. The van der Waals surface area contributed by atoms with Crippen LogP contribution in [-0.4, -0.2) is 19.5 Å². The predicted molar refractivity (Wildman–Crippen MR) is 87.7 cm³/mol. The van der Waals surface area contributed by atoms with Gasteiger partial charge in [-0.3, -0.25) is 9.69 Å². The van der Waals surface area contributed by atoms with E-state index in [-0.39, 0.29) is 5.91 Å². The molecule has 1 amide bonds. The number of benzene rings is 2. The second-order valence-electron chi connectivity index (χ2n) is 5.37. The fraction of sp³-hybridized carbons (Fsp3) is 0.235. The summed E-state index contributed by atoms with van der Waals surface area (Å²) in [6.07, 6.45) is 0.483. The molecule has 0 aliphatic carbocycles. The highest BCUT2D eigenvalue weighted by Gasteiger charge is 2.26. The molecule has 1 aliphatic heterocycles. The number of rotatable bonds is 1. The van der Waals surface area contributed by atoms with E-state index in [0.29, 0.717) is 18.0 Å². The van der Waals surface area contributed by atoms with Crippen molar-refractivity contribution in [1.82, 2.24) is 0 Å². The molecule has 3 rings (SSSR count). The molecule has 0 aromatic heterocycles. The SMILES string of the molecule is Cc1cccc(N2C(=O)CCN(C)c3ccc(Cl)cc32)c1. The van der Waals surface area contributed by atoms with Crippen LogP contribution >= 0.6 is 11.6 Å². The van der Waals surface area contributed by atoms with Crippen LogP contribution in [0.5, 0.6) is 0 Å². The fourth-order valence-corrected chi connectivity index (χ4v) is 2.84. The van der Waals surface area contributed by atoms with Crippen LogP contribution in [0.1, 0.15) is 12.0 Å². The summed E-state index contributed by atoms with van der Waals surface area (Å²) in [5.74, 6) is 0.0912. The number of aryl methyl sites for hydroxylation is 1. The number of fused-ring (bicyclic) bond motifs is 1. The van der Waals surface area contributed by atoms with E-state index in [0.717, 1.165) is 22.6 Å². The predicted octanol–water partition coefficient (Wildman–Crippen LogP) is 4.15. The second-order valence-corrected chi connectivity index (χ2v) is 5.81. The molecule has 21 heavy (non-hydrogen) atoms. The number of amides is 1. The Morgan fingerprint density at radius 3 is 2.67 bits per heavy atom. The summed E-state index contributed by atoms with van der Waals surface area (Å²) in [4.78, 5) is 16.5. The van der Waals surface area contributed by atoms with Crippen molar-refractivity contribution >= 4 is 34.6 Å².